The van der Waals surface area contributed by atoms with E-state index in [0.29, 0.717) is 6.54 Å². The topological polar surface area (TPSA) is 60.8 Å². The number of hydrogen-bond acceptors (Lipinski definition) is 3. The van der Waals surface area contributed by atoms with Crippen LogP contribution in [0.3, 0.4) is 0 Å². The second-order valence-corrected chi connectivity index (χ2v) is 4.04. The fourth-order valence-corrected chi connectivity index (χ4v) is 1.64. The van der Waals surface area contributed by atoms with Gasteiger partial charge in [-0.15, -0.1) is 0 Å². The van der Waals surface area contributed by atoms with Crippen LogP contribution >= 0.6 is 0 Å². The van der Waals surface area contributed by atoms with Gasteiger partial charge in [-0.2, -0.15) is 0 Å². The van der Waals surface area contributed by atoms with Crippen LogP contribution in [0.1, 0.15) is 26.7 Å². The van der Waals surface area contributed by atoms with Gasteiger partial charge >= 0.3 is 0 Å². The Morgan fingerprint density at radius 2 is 2.23 bits per heavy atom. The second-order valence-electron chi connectivity index (χ2n) is 4.04. The average Bonchev–Trinajstić information content (AvgIpc) is 2.48. The molecule has 76 valence electrons. The Kier molecular flexibility index (Phi) is 2.93. The van der Waals surface area contributed by atoms with Gasteiger partial charge in [-0.25, -0.2) is 0 Å². The van der Waals surface area contributed by atoms with Gasteiger partial charge in [0.05, 0.1) is 12.6 Å². The van der Waals surface area contributed by atoms with E-state index in [9.17, 15) is 9.90 Å². The summed E-state index contributed by atoms with van der Waals surface area (Å²) in [6.45, 7) is 3.58. The lowest BCUT2D eigenvalue weighted by molar-refractivity contribution is -0.149. The number of aliphatic hydroxyl groups is 2. The molecule has 4 heteroatoms. The summed E-state index contributed by atoms with van der Waals surface area (Å²) in [4.78, 5) is 13.2. The zero-order valence-electron chi connectivity index (χ0n) is 8.16. The van der Waals surface area contributed by atoms with Crippen molar-refractivity contribution in [2.75, 3.05) is 13.2 Å². The maximum Gasteiger partial charge on any atom is 0.254 e. The number of amides is 1. The number of aliphatic hydroxyl groups excluding tert-OH is 1. The van der Waals surface area contributed by atoms with Crippen molar-refractivity contribution in [2.45, 2.75) is 38.3 Å². The SMILES string of the molecule is CC(C)(O)C(=O)N1CCCC1CO. The summed E-state index contributed by atoms with van der Waals surface area (Å²) in [6, 6.07) is -0.0982. The van der Waals surface area contributed by atoms with Gasteiger partial charge in [0.1, 0.15) is 5.60 Å². The molecule has 1 amide bonds. The summed E-state index contributed by atoms with van der Waals surface area (Å²) in [5, 5.41) is 18.5. The van der Waals surface area contributed by atoms with E-state index in [2.05, 4.69) is 0 Å². The van der Waals surface area contributed by atoms with Gasteiger partial charge in [0.2, 0.25) is 0 Å². The Bertz CT molecular complexity index is 198. The Labute approximate surface area is 78.2 Å². The van der Waals surface area contributed by atoms with Crippen molar-refractivity contribution in [1.82, 2.24) is 4.90 Å². The predicted octanol–water partition coefficient (Wildman–Crippen LogP) is -0.259. The summed E-state index contributed by atoms with van der Waals surface area (Å²) in [5.74, 6) is -0.288. The highest BCUT2D eigenvalue weighted by molar-refractivity contribution is 5.84. The molecule has 0 saturated carbocycles. The zero-order chi connectivity index (χ0) is 10.1. The molecular formula is C9H17NO3. The zero-order valence-corrected chi connectivity index (χ0v) is 8.16. The number of hydrogen-bond donors (Lipinski definition) is 2. The Morgan fingerprint density at radius 3 is 2.69 bits per heavy atom. The first-order valence-corrected chi connectivity index (χ1v) is 4.61. The van der Waals surface area contributed by atoms with Crippen LogP contribution in [0.25, 0.3) is 0 Å². The first kappa shape index (κ1) is 10.5. The number of carbonyl (C=O) groups is 1. The molecule has 1 aliphatic heterocycles. The fraction of sp³-hybridized carbons (Fsp3) is 0.889. The molecular weight excluding hydrogens is 170 g/mol. The molecule has 4 nitrogen and oxygen atoms in total. The number of carbonyl (C=O) groups excluding carboxylic acids is 1. The van der Waals surface area contributed by atoms with Gasteiger partial charge in [0, 0.05) is 6.54 Å². The summed E-state index contributed by atoms with van der Waals surface area (Å²) in [6.07, 6.45) is 1.74. The average molecular weight is 187 g/mol. The first-order chi connectivity index (χ1) is 5.96. The van der Waals surface area contributed by atoms with E-state index < -0.39 is 5.60 Å². The first-order valence-electron chi connectivity index (χ1n) is 4.61. The minimum atomic E-state index is -1.32. The van der Waals surface area contributed by atoms with Crippen LogP contribution in [0, 0.1) is 0 Å². The van der Waals surface area contributed by atoms with E-state index in [1.165, 1.54) is 13.8 Å². The van der Waals surface area contributed by atoms with Gasteiger partial charge in [0.25, 0.3) is 5.91 Å². The lowest BCUT2D eigenvalue weighted by Gasteiger charge is -2.28. The van der Waals surface area contributed by atoms with Gasteiger partial charge in [-0.05, 0) is 26.7 Å². The highest BCUT2D eigenvalue weighted by atomic mass is 16.3. The van der Waals surface area contributed by atoms with Crippen LogP contribution in [0.15, 0.2) is 0 Å². The van der Waals surface area contributed by atoms with Gasteiger partial charge in [-0.3, -0.25) is 4.79 Å². The van der Waals surface area contributed by atoms with Crippen molar-refractivity contribution in [3.8, 4) is 0 Å². The third kappa shape index (κ3) is 2.19. The molecule has 1 aliphatic rings. The van der Waals surface area contributed by atoms with E-state index in [-0.39, 0.29) is 18.6 Å². The molecule has 1 fully saturated rings. The molecule has 0 bridgehead atoms. The molecule has 1 atom stereocenters. The number of likely N-dealkylation sites (tertiary alicyclic amines) is 1. The van der Waals surface area contributed by atoms with Crippen molar-refractivity contribution in [3.05, 3.63) is 0 Å². The summed E-state index contributed by atoms with van der Waals surface area (Å²) >= 11 is 0. The smallest absolute Gasteiger partial charge is 0.254 e. The summed E-state index contributed by atoms with van der Waals surface area (Å²) in [5.41, 5.74) is -1.32. The molecule has 1 unspecified atom stereocenters. The maximum absolute atomic E-state index is 11.6. The molecule has 0 aliphatic carbocycles. The molecule has 1 rings (SSSR count). The standard InChI is InChI=1S/C9H17NO3/c1-9(2,13)8(12)10-5-3-4-7(10)6-11/h7,11,13H,3-6H2,1-2H3. The van der Waals surface area contributed by atoms with Gasteiger partial charge in [0.15, 0.2) is 0 Å². The maximum atomic E-state index is 11.6. The minimum absolute atomic E-state index is 0.0121. The van der Waals surface area contributed by atoms with E-state index >= 15 is 0 Å². The fourth-order valence-electron chi connectivity index (χ4n) is 1.64. The van der Waals surface area contributed by atoms with Crippen molar-refractivity contribution in [3.63, 3.8) is 0 Å². The van der Waals surface area contributed by atoms with Crippen LogP contribution in [-0.2, 0) is 4.79 Å². The lowest BCUT2D eigenvalue weighted by atomic mass is 10.1. The van der Waals surface area contributed by atoms with E-state index in [1.54, 1.807) is 4.90 Å². The van der Waals surface area contributed by atoms with Crippen molar-refractivity contribution >= 4 is 5.91 Å². The quantitative estimate of drug-likeness (QED) is 0.626. The Hall–Kier alpha value is -0.610. The molecule has 1 heterocycles. The lowest BCUT2D eigenvalue weighted by Crippen LogP contribution is -2.48. The second kappa shape index (κ2) is 3.64. The van der Waals surface area contributed by atoms with E-state index in [4.69, 9.17) is 5.11 Å². The third-order valence-corrected chi connectivity index (χ3v) is 2.37. The summed E-state index contributed by atoms with van der Waals surface area (Å²) < 4.78 is 0. The highest BCUT2D eigenvalue weighted by Gasteiger charge is 2.35. The Balaban J connectivity index is 2.66. The minimum Gasteiger partial charge on any atom is -0.394 e. The van der Waals surface area contributed by atoms with Crippen LogP contribution in [-0.4, -0.2) is 45.8 Å². The van der Waals surface area contributed by atoms with Crippen LogP contribution in [0.5, 0.6) is 0 Å². The largest absolute Gasteiger partial charge is 0.394 e. The van der Waals surface area contributed by atoms with Crippen LogP contribution in [0.2, 0.25) is 0 Å². The molecule has 0 aromatic carbocycles. The summed E-state index contributed by atoms with van der Waals surface area (Å²) in [7, 11) is 0. The monoisotopic (exact) mass is 187 g/mol. The Morgan fingerprint density at radius 1 is 1.62 bits per heavy atom. The molecule has 13 heavy (non-hydrogen) atoms. The molecule has 0 aromatic rings. The molecule has 0 spiro atoms. The predicted molar refractivity (Wildman–Crippen MR) is 48.1 cm³/mol. The highest BCUT2D eigenvalue weighted by Crippen LogP contribution is 2.20. The normalized spacial score (nSPS) is 23.7. The number of nitrogens with zero attached hydrogens (tertiary/aromatic N) is 1. The van der Waals surface area contributed by atoms with Crippen molar-refractivity contribution in [2.24, 2.45) is 0 Å². The van der Waals surface area contributed by atoms with E-state index in [0.717, 1.165) is 12.8 Å². The van der Waals surface area contributed by atoms with Crippen LogP contribution in [0.4, 0.5) is 0 Å². The van der Waals surface area contributed by atoms with Crippen molar-refractivity contribution in [1.29, 1.82) is 0 Å². The molecule has 1 saturated heterocycles. The van der Waals surface area contributed by atoms with Crippen molar-refractivity contribution < 1.29 is 15.0 Å². The molecule has 0 aromatic heterocycles. The number of rotatable bonds is 2. The van der Waals surface area contributed by atoms with Crippen LogP contribution < -0.4 is 0 Å². The third-order valence-electron chi connectivity index (χ3n) is 2.37. The van der Waals surface area contributed by atoms with Gasteiger partial charge < -0.3 is 15.1 Å². The molecule has 2 N–H and O–H groups in total. The van der Waals surface area contributed by atoms with E-state index in [1.807, 2.05) is 0 Å². The van der Waals surface area contributed by atoms with Gasteiger partial charge in [-0.1, -0.05) is 0 Å². The molecule has 0 radical (unpaired) electrons.